The zero-order chi connectivity index (χ0) is 19.4. The Morgan fingerprint density at radius 1 is 0.889 bits per heavy atom. The highest BCUT2D eigenvalue weighted by Gasteiger charge is 2.56. The molecule has 0 radical (unpaired) electrons. The maximum atomic E-state index is 12.6. The Hall–Kier alpha value is -3.35. The minimum absolute atomic E-state index is 0.348. The third-order valence-corrected chi connectivity index (χ3v) is 4.51. The van der Waals surface area contributed by atoms with Crippen molar-refractivity contribution in [1.82, 2.24) is 0 Å². The summed E-state index contributed by atoms with van der Waals surface area (Å²) in [4.78, 5) is 36.7. The molecule has 7 nitrogen and oxygen atoms in total. The molecule has 0 heterocycles. The van der Waals surface area contributed by atoms with Crippen LogP contribution in [0.3, 0.4) is 0 Å². The number of nitrogens with one attached hydrogen (secondary N) is 2. The van der Waals surface area contributed by atoms with Gasteiger partial charge in [-0.25, -0.2) is 4.79 Å². The number of anilines is 2. The van der Waals surface area contributed by atoms with Gasteiger partial charge in [-0.05, 0) is 49.2 Å². The van der Waals surface area contributed by atoms with E-state index in [9.17, 15) is 14.4 Å². The highest BCUT2D eigenvalue weighted by atomic mass is 16.5. The van der Waals surface area contributed by atoms with Gasteiger partial charge in [-0.1, -0.05) is 6.07 Å². The second-order valence-corrected chi connectivity index (χ2v) is 6.29. The zero-order valence-electron chi connectivity index (χ0n) is 15.1. The van der Waals surface area contributed by atoms with Gasteiger partial charge in [-0.15, -0.1) is 0 Å². The minimum atomic E-state index is -1.08. The average molecular weight is 368 g/mol. The van der Waals surface area contributed by atoms with Crippen LogP contribution in [-0.4, -0.2) is 32.0 Å². The van der Waals surface area contributed by atoms with Crippen molar-refractivity contribution in [2.75, 3.05) is 24.9 Å². The van der Waals surface area contributed by atoms with Crippen LogP contribution >= 0.6 is 0 Å². The van der Waals surface area contributed by atoms with Crippen LogP contribution in [0.5, 0.6) is 5.75 Å². The van der Waals surface area contributed by atoms with Crippen LogP contribution in [0.25, 0.3) is 0 Å². The van der Waals surface area contributed by atoms with Crippen molar-refractivity contribution >= 4 is 29.2 Å². The van der Waals surface area contributed by atoms with Crippen LogP contribution in [0.2, 0.25) is 0 Å². The molecule has 2 N–H and O–H groups in total. The molecule has 7 heteroatoms. The first-order valence-electron chi connectivity index (χ1n) is 8.44. The lowest BCUT2D eigenvalue weighted by molar-refractivity contribution is -0.131. The summed E-state index contributed by atoms with van der Waals surface area (Å²) < 4.78 is 9.77. The van der Waals surface area contributed by atoms with E-state index in [-0.39, 0.29) is 11.8 Å². The summed E-state index contributed by atoms with van der Waals surface area (Å²) in [6.45, 7) is 0. The molecule has 0 saturated heterocycles. The van der Waals surface area contributed by atoms with Crippen molar-refractivity contribution in [3.8, 4) is 5.75 Å². The molecule has 2 aromatic rings. The Balaban J connectivity index is 1.66. The summed E-state index contributed by atoms with van der Waals surface area (Å²) in [5.74, 6) is -0.551. The van der Waals surface area contributed by atoms with Crippen LogP contribution in [0.15, 0.2) is 48.5 Å². The lowest BCUT2D eigenvalue weighted by atomic mass is 10.0. The first-order valence-corrected chi connectivity index (χ1v) is 8.44. The Kier molecular flexibility index (Phi) is 5.12. The summed E-state index contributed by atoms with van der Waals surface area (Å²) in [5.41, 5.74) is 0.380. The summed E-state index contributed by atoms with van der Waals surface area (Å²) in [6, 6.07) is 13.3. The number of carbonyl (C=O) groups excluding carboxylic acids is 3. The number of amides is 2. The third kappa shape index (κ3) is 3.92. The number of esters is 1. The number of benzene rings is 2. The quantitative estimate of drug-likeness (QED) is 0.604. The summed E-state index contributed by atoms with van der Waals surface area (Å²) >= 11 is 0. The van der Waals surface area contributed by atoms with E-state index in [2.05, 4.69) is 15.4 Å². The summed E-state index contributed by atoms with van der Waals surface area (Å²) in [6.07, 6.45) is 0.962. The van der Waals surface area contributed by atoms with Crippen molar-refractivity contribution in [3.05, 3.63) is 54.1 Å². The number of hydrogen-bond acceptors (Lipinski definition) is 5. The average Bonchev–Trinajstić information content (AvgIpc) is 3.50. The van der Waals surface area contributed by atoms with Gasteiger partial charge in [-0.2, -0.15) is 0 Å². The lowest BCUT2D eigenvalue weighted by Crippen LogP contribution is -2.35. The molecule has 0 aromatic heterocycles. The van der Waals surface area contributed by atoms with Gasteiger partial charge >= 0.3 is 5.97 Å². The molecule has 0 aliphatic heterocycles. The molecule has 1 fully saturated rings. The van der Waals surface area contributed by atoms with Crippen molar-refractivity contribution in [2.24, 2.45) is 5.41 Å². The molecular weight excluding hydrogens is 348 g/mol. The van der Waals surface area contributed by atoms with Gasteiger partial charge < -0.3 is 20.1 Å². The maximum Gasteiger partial charge on any atom is 0.337 e. The van der Waals surface area contributed by atoms with Crippen LogP contribution < -0.4 is 15.4 Å². The fraction of sp³-hybridized carbons (Fsp3) is 0.250. The lowest BCUT2D eigenvalue weighted by Gasteiger charge is -2.16. The van der Waals surface area contributed by atoms with Crippen molar-refractivity contribution in [1.29, 1.82) is 0 Å². The molecule has 2 amide bonds. The van der Waals surface area contributed by atoms with Gasteiger partial charge in [0, 0.05) is 17.4 Å². The standard InChI is InChI=1S/C20H20N2O5/c1-26-16-5-3-4-15(12-16)22-19(25)20(10-11-20)18(24)21-14-8-6-13(7-9-14)17(23)27-2/h3-9,12H,10-11H2,1-2H3,(H,21,24)(H,22,25). The van der Waals surface area contributed by atoms with Gasteiger partial charge in [0.1, 0.15) is 11.2 Å². The van der Waals surface area contributed by atoms with Gasteiger partial charge in [0.05, 0.1) is 19.8 Å². The first kappa shape index (κ1) is 18.4. The zero-order valence-corrected chi connectivity index (χ0v) is 15.1. The van der Waals surface area contributed by atoms with E-state index in [0.29, 0.717) is 35.5 Å². The third-order valence-electron chi connectivity index (χ3n) is 4.51. The molecule has 1 saturated carbocycles. The predicted molar refractivity (Wildman–Crippen MR) is 99.7 cm³/mol. The molecule has 0 spiro atoms. The molecule has 140 valence electrons. The molecule has 0 bridgehead atoms. The van der Waals surface area contributed by atoms with Gasteiger partial charge in [-0.3, -0.25) is 9.59 Å². The monoisotopic (exact) mass is 368 g/mol. The van der Waals surface area contributed by atoms with Crippen molar-refractivity contribution in [3.63, 3.8) is 0 Å². The highest BCUT2D eigenvalue weighted by molar-refractivity contribution is 6.17. The van der Waals surface area contributed by atoms with Crippen LogP contribution in [-0.2, 0) is 14.3 Å². The largest absolute Gasteiger partial charge is 0.497 e. The number of methoxy groups -OCH3 is 2. The second kappa shape index (κ2) is 7.49. The predicted octanol–water partition coefficient (Wildman–Crippen LogP) is 2.84. The number of carbonyl (C=O) groups is 3. The number of hydrogen-bond donors (Lipinski definition) is 2. The van der Waals surface area contributed by atoms with Crippen LogP contribution in [0, 0.1) is 5.41 Å². The van der Waals surface area contributed by atoms with Crippen molar-refractivity contribution < 1.29 is 23.9 Å². The number of rotatable bonds is 6. The Morgan fingerprint density at radius 3 is 2.07 bits per heavy atom. The number of ether oxygens (including phenoxy) is 2. The molecule has 2 aromatic carbocycles. The molecular formula is C20H20N2O5. The molecule has 0 atom stereocenters. The molecule has 1 aliphatic rings. The smallest absolute Gasteiger partial charge is 0.337 e. The van der Waals surface area contributed by atoms with Gasteiger partial charge in [0.25, 0.3) is 0 Å². The molecule has 3 rings (SSSR count). The molecule has 1 aliphatic carbocycles. The van der Waals surface area contributed by atoms with E-state index in [1.165, 1.54) is 7.11 Å². The SMILES string of the molecule is COC(=O)c1ccc(NC(=O)C2(C(=O)Nc3cccc(OC)c3)CC2)cc1. The minimum Gasteiger partial charge on any atom is -0.497 e. The normalized spacial score (nSPS) is 14.0. The highest BCUT2D eigenvalue weighted by Crippen LogP contribution is 2.47. The first-order chi connectivity index (χ1) is 13.0. The van der Waals surface area contributed by atoms with Gasteiger partial charge in [0.15, 0.2) is 0 Å². The Bertz CT molecular complexity index is 872. The Morgan fingerprint density at radius 2 is 1.52 bits per heavy atom. The summed E-state index contributed by atoms with van der Waals surface area (Å²) in [7, 11) is 2.85. The van der Waals surface area contributed by atoms with Crippen molar-refractivity contribution in [2.45, 2.75) is 12.8 Å². The Labute approximate surface area is 156 Å². The topological polar surface area (TPSA) is 93.7 Å². The second-order valence-electron chi connectivity index (χ2n) is 6.29. The summed E-state index contributed by atoms with van der Waals surface area (Å²) in [5, 5.41) is 5.52. The van der Waals surface area contributed by atoms with Gasteiger partial charge in [0.2, 0.25) is 11.8 Å². The van der Waals surface area contributed by atoms with E-state index in [1.54, 1.807) is 55.6 Å². The van der Waals surface area contributed by atoms with E-state index >= 15 is 0 Å². The van der Waals surface area contributed by atoms with Crippen LogP contribution in [0.1, 0.15) is 23.2 Å². The fourth-order valence-corrected chi connectivity index (χ4v) is 2.69. The van der Waals surface area contributed by atoms with E-state index < -0.39 is 11.4 Å². The fourth-order valence-electron chi connectivity index (χ4n) is 2.69. The molecule has 27 heavy (non-hydrogen) atoms. The molecule has 0 unspecified atom stereocenters. The van der Waals surface area contributed by atoms with E-state index in [4.69, 9.17) is 4.74 Å². The maximum absolute atomic E-state index is 12.6. The van der Waals surface area contributed by atoms with Crippen LogP contribution in [0.4, 0.5) is 11.4 Å². The van der Waals surface area contributed by atoms with E-state index in [0.717, 1.165) is 0 Å². The van der Waals surface area contributed by atoms with E-state index in [1.807, 2.05) is 0 Å².